The zero-order valence-corrected chi connectivity index (χ0v) is 14.9. The molecule has 1 aliphatic heterocycles. The number of hydrogen-bond donors (Lipinski definition) is 2. The van der Waals surface area contributed by atoms with E-state index in [1.807, 2.05) is 0 Å². The number of aromatic nitrogens is 1. The summed E-state index contributed by atoms with van der Waals surface area (Å²) in [4.78, 5) is 17.6. The molecule has 1 amide bonds. The Morgan fingerprint density at radius 2 is 2.12 bits per heavy atom. The molecular formula is C21H27N3O. The van der Waals surface area contributed by atoms with Crippen LogP contribution >= 0.6 is 0 Å². The van der Waals surface area contributed by atoms with Crippen molar-refractivity contribution in [1.82, 2.24) is 9.88 Å². The minimum Gasteiger partial charge on any atom is -0.369 e. The number of carbonyl (C=O) groups is 1. The maximum absolute atomic E-state index is 11.8. The molecule has 4 nitrogen and oxygen atoms in total. The molecule has 2 unspecified atom stereocenters. The monoisotopic (exact) mass is 337 g/mol. The second kappa shape index (κ2) is 6.68. The fraction of sp³-hybridized carbons (Fsp3) is 0.476. The molecule has 2 aliphatic carbocycles. The number of fused-ring (bicyclic) bond motifs is 2. The first kappa shape index (κ1) is 16.4. The van der Waals surface area contributed by atoms with E-state index in [2.05, 4.69) is 47.3 Å². The van der Waals surface area contributed by atoms with Gasteiger partial charge in [-0.3, -0.25) is 9.69 Å². The summed E-state index contributed by atoms with van der Waals surface area (Å²) in [5.41, 5.74) is 10.7. The van der Waals surface area contributed by atoms with Gasteiger partial charge in [0.05, 0.1) is 5.92 Å². The lowest BCUT2D eigenvalue weighted by molar-refractivity contribution is -0.121. The SMILES string of the molecule is C1CC1.CCCN1CC(C(N)=O)C=C2c3cccc4[nH]cc(c34)CC21. The van der Waals surface area contributed by atoms with Crippen molar-refractivity contribution in [2.45, 2.75) is 45.1 Å². The first-order chi connectivity index (χ1) is 12.2. The van der Waals surface area contributed by atoms with Crippen LogP contribution in [0.15, 0.2) is 30.5 Å². The van der Waals surface area contributed by atoms with E-state index in [0.29, 0.717) is 6.04 Å². The summed E-state index contributed by atoms with van der Waals surface area (Å²) >= 11 is 0. The zero-order chi connectivity index (χ0) is 17.4. The van der Waals surface area contributed by atoms with Gasteiger partial charge in [-0.2, -0.15) is 0 Å². The maximum Gasteiger partial charge on any atom is 0.225 e. The summed E-state index contributed by atoms with van der Waals surface area (Å²) in [6.45, 7) is 3.93. The van der Waals surface area contributed by atoms with Crippen molar-refractivity contribution in [2.75, 3.05) is 13.1 Å². The third-order valence-corrected chi connectivity index (χ3v) is 5.35. The molecule has 1 saturated carbocycles. The summed E-state index contributed by atoms with van der Waals surface area (Å²) < 4.78 is 0. The molecule has 1 fully saturated rings. The zero-order valence-electron chi connectivity index (χ0n) is 14.9. The number of nitrogens with two attached hydrogens (primary N) is 1. The van der Waals surface area contributed by atoms with Crippen LogP contribution in [0.2, 0.25) is 0 Å². The van der Waals surface area contributed by atoms with Crippen LogP contribution in [0.1, 0.15) is 43.7 Å². The molecule has 1 aromatic carbocycles. The maximum atomic E-state index is 11.8. The van der Waals surface area contributed by atoms with Crippen LogP contribution in [0.3, 0.4) is 0 Å². The molecule has 132 valence electrons. The molecule has 2 aromatic rings. The van der Waals surface area contributed by atoms with Crippen molar-refractivity contribution in [3.63, 3.8) is 0 Å². The molecule has 2 heterocycles. The average molecular weight is 337 g/mol. The summed E-state index contributed by atoms with van der Waals surface area (Å²) in [6, 6.07) is 6.73. The molecule has 5 rings (SSSR count). The van der Waals surface area contributed by atoms with Gasteiger partial charge >= 0.3 is 0 Å². The van der Waals surface area contributed by atoms with Crippen LogP contribution in [0, 0.1) is 5.92 Å². The molecule has 3 aliphatic rings. The normalized spacial score (nSPS) is 24.1. The van der Waals surface area contributed by atoms with E-state index in [1.54, 1.807) is 0 Å². The molecule has 0 radical (unpaired) electrons. The lowest BCUT2D eigenvalue weighted by Crippen LogP contribution is -2.48. The van der Waals surface area contributed by atoms with Gasteiger partial charge < -0.3 is 10.7 Å². The van der Waals surface area contributed by atoms with E-state index in [1.165, 1.54) is 46.9 Å². The van der Waals surface area contributed by atoms with Gasteiger partial charge in [0.15, 0.2) is 0 Å². The Hall–Kier alpha value is -2.07. The van der Waals surface area contributed by atoms with E-state index in [-0.39, 0.29) is 11.8 Å². The van der Waals surface area contributed by atoms with Gasteiger partial charge in [0.2, 0.25) is 5.91 Å². The Morgan fingerprint density at radius 1 is 1.32 bits per heavy atom. The van der Waals surface area contributed by atoms with Gasteiger partial charge in [-0.05, 0) is 42.2 Å². The van der Waals surface area contributed by atoms with E-state index in [4.69, 9.17) is 5.73 Å². The van der Waals surface area contributed by atoms with Crippen molar-refractivity contribution < 1.29 is 4.79 Å². The Balaban J connectivity index is 0.000000474. The second-order valence-electron chi connectivity index (χ2n) is 7.45. The topological polar surface area (TPSA) is 62.1 Å². The highest BCUT2D eigenvalue weighted by atomic mass is 16.1. The van der Waals surface area contributed by atoms with Crippen LogP contribution in [0.25, 0.3) is 16.5 Å². The fourth-order valence-electron chi connectivity index (χ4n) is 4.04. The predicted molar refractivity (Wildman–Crippen MR) is 102 cm³/mol. The Morgan fingerprint density at radius 3 is 2.80 bits per heavy atom. The van der Waals surface area contributed by atoms with E-state index in [0.717, 1.165) is 25.9 Å². The number of carbonyl (C=O) groups excluding carboxylic acids is 1. The number of H-pyrrole nitrogens is 1. The quantitative estimate of drug-likeness (QED) is 0.901. The largest absolute Gasteiger partial charge is 0.369 e. The predicted octanol–water partition coefficient (Wildman–Crippen LogP) is 3.47. The Kier molecular flexibility index (Phi) is 4.38. The third kappa shape index (κ3) is 3.11. The second-order valence-corrected chi connectivity index (χ2v) is 7.45. The fourth-order valence-corrected chi connectivity index (χ4v) is 4.04. The van der Waals surface area contributed by atoms with Crippen molar-refractivity contribution >= 4 is 22.4 Å². The van der Waals surface area contributed by atoms with Gasteiger partial charge in [0.25, 0.3) is 0 Å². The van der Waals surface area contributed by atoms with E-state index < -0.39 is 0 Å². The molecule has 4 heteroatoms. The van der Waals surface area contributed by atoms with Crippen LogP contribution in [-0.2, 0) is 11.2 Å². The smallest absolute Gasteiger partial charge is 0.225 e. The first-order valence-electron chi connectivity index (χ1n) is 9.53. The van der Waals surface area contributed by atoms with Crippen molar-refractivity contribution in [3.05, 3.63) is 41.6 Å². The highest BCUT2D eigenvalue weighted by Crippen LogP contribution is 2.41. The van der Waals surface area contributed by atoms with Gasteiger partial charge in [0.1, 0.15) is 0 Å². The lowest BCUT2D eigenvalue weighted by Gasteiger charge is -2.41. The average Bonchev–Trinajstić information content (AvgIpc) is 3.44. The number of aromatic amines is 1. The minimum atomic E-state index is -0.223. The van der Waals surface area contributed by atoms with Gasteiger partial charge in [-0.1, -0.05) is 44.4 Å². The minimum absolute atomic E-state index is 0.187. The number of benzene rings is 1. The number of hydrogen-bond acceptors (Lipinski definition) is 2. The molecule has 1 aromatic heterocycles. The summed E-state index contributed by atoms with van der Waals surface area (Å²) in [5.74, 6) is -0.410. The Bertz CT molecular complexity index is 815. The van der Waals surface area contributed by atoms with Gasteiger partial charge in [0, 0.05) is 29.7 Å². The highest BCUT2D eigenvalue weighted by molar-refractivity contribution is 5.99. The summed E-state index contributed by atoms with van der Waals surface area (Å²) in [5, 5.41) is 1.31. The Labute approximate surface area is 149 Å². The van der Waals surface area contributed by atoms with Crippen molar-refractivity contribution in [1.29, 1.82) is 0 Å². The highest BCUT2D eigenvalue weighted by Gasteiger charge is 2.36. The number of rotatable bonds is 3. The molecule has 0 bridgehead atoms. The molecule has 0 saturated heterocycles. The first-order valence-corrected chi connectivity index (χ1v) is 9.53. The van der Waals surface area contributed by atoms with Gasteiger partial charge in [-0.15, -0.1) is 0 Å². The third-order valence-electron chi connectivity index (χ3n) is 5.35. The van der Waals surface area contributed by atoms with Crippen LogP contribution in [0.4, 0.5) is 0 Å². The number of nitrogens with zero attached hydrogens (tertiary/aromatic N) is 1. The van der Waals surface area contributed by atoms with Crippen molar-refractivity contribution in [2.24, 2.45) is 11.7 Å². The molecule has 0 spiro atoms. The molecule has 3 N–H and O–H groups in total. The standard InChI is InChI=1S/C18H21N3O.C3H6/c1-2-6-21-10-12(18(19)22)7-14-13-4-3-5-15-17(13)11(9-20-15)8-16(14)21;1-2-3-1/h3-5,7,9,12,16,20H,2,6,8,10H2,1H3,(H2,19,22);1-3H2. The van der Waals surface area contributed by atoms with Gasteiger partial charge in [-0.25, -0.2) is 0 Å². The van der Waals surface area contributed by atoms with E-state index >= 15 is 0 Å². The van der Waals surface area contributed by atoms with Crippen LogP contribution in [0.5, 0.6) is 0 Å². The van der Waals surface area contributed by atoms with Crippen LogP contribution in [-0.4, -0.2) is 34.9 Å². The molecular weight excluding hydrogens is 310 g/mol. The molecule has 25 heavy (non-hydrogen) atoms. The van der Waals surface area contributed by atoms with E-state index in [9.17, 15) is 4.79 Å². The lowest BCUT2D eigenvalue weighted by atomic mass is 9.79. The van der Waals surface area contributed by atoms with Crippen molar-refractivity contribution in [3.8, 4) is 0 Å². The number of amides is 1. The summed E-state index contributed by atoms with van der Waals surface area (Å²) in [6.07, 6.45) is 10.8. The number of nitrogens with one attached hydrogen (secondary N) is 1. The number of primary amides is 1. The molecule has 2 atom stereocenters. The van der Waals surface area contributed by atoms with Crippen LogP contribution < -0.4 is 5.73 Å². The summed E-state index contributed by atoms with van der Waals surface area (Å²) in [7, 11) is 0.